The standard InChI is InChI=1S/C14H12BrFN4/c15-11-5-8(16)1-2-9(11)7-3-12(17)10-6-19-14(18)20-13(10)4-7/h1-2,5-7,17H,3-4H2,(H2,18,19,20). The topological polar surface area (TPSA) is 75.7 Å². The maximum absolute atomic E-state index is 13.2. The molecule has 0 saturated carbocycles. The van der Waals surface area contributed by atoms with Crippen molar-refractivity contribution in [1.82, 2.24) is 9.97 Å². The first-order valence-corrected chi connectivity index (χ1v) is 6.98. The molecule has 4 nitrogen and oxygen atoms in total. The van der Waals surface area contributed by atoms with Crippen molar-refractivity contribution < 1.29 is 4.39 Å². The highest BCUT2D eigenvalue weighted by atomic mass is 79.9. The fourth-order valence-corrected chi connectivity index (χ4v) is 3.23. The quantitative estimate of drug-likeness (QED) is 0.841. The molecule has 6 heteroatoms. The van der Waals surface area contributed by atoms with Crippen molar-refractivity contribution in [3.8, 4) is 0 Å². The minimum absolute atomic E-state index is 0.0966. The Bertz CT molecular complexity index is 702. The summed E-state index contributed by atoms with van der Waals surface area (Å²) in [4.78, 5) is 8.16. The molecule has 0 amide bonds. The highest BCUT2D eigenvalue weighted by Crippen LogP contribution is 2.35. The Labute approximate surface area is 123 Å². The molecule has 1 aromatic heterocycles. The van der Waals surface area contributed by atoms with Crippen molar-refractivity contribution in [3.63, 3.8) is 0 Å². The van der Waals surface area contributed by atoms with Crippen LogP contribution >= 0.6 is 15.9 Å². The van der Waals surface area contributed by atoms with E-state index in [9.17, 15) is 4.39 Å². The first-order chi connectivity index (χ1) is 9.54. The molecule has 1 aliphatic rings. The molecule has 3 rings (SSSR count). The molecule has 20 heavy (non-hydrogen) atoms. The van der Waals surface area contributed by atoms with Crippen LogP contribution in [0.5, 0.6) is 0 Å². The largest absolute Gasteiger partial charge is 0.368 e. The summed E-state index contributed by atoms with van der Waals surface area (Å²) in [5.41, 5.74) is 8.63. The molecule has 1 unspecified atom stereocenters. The number of nitrogen functional groups attached to an aromatic ring is 1. The first kappa shape index (κ1) is 13.2. The van der Waals surface area contributed by atoms with Crippen LogP contribution in [0.25, 0.3) is 0 Å². The molecule has 1 aromatic carbocycles. The van der Waals surface area contributed by atoms with Crippen LogP contribution in [0.15, 0.2) is 28.9 Å². The van der Waals surface area contributed by atoms with Gasteiger partial charge in [0.15, 0.2) is 0 Å². The minimum Gasteiger partial charge on any atom is -0.368 e. The van der Waals surface area contributed by atoms with Crippen molar-refractivity contribution in [2.24, 2.45) is 0 Å². The van der Waals surface area contributed by atoms with Crippen LogP contribution in [-0.4, -0.2) is 15.7 Å². The number of hydrogen-bond donors (Lipinski definition) is 2. The van der Waals surface area contributed by atoms with Crippen LogP contribution in [0.2, 0.25) is 0 Å². The van der Waals surface area contributed by atoms with E-state index in [1.165, 1.54) is 12.1 Å². The van der Waals surface area contributed by atoms with E-state index in [1.807, 2.05) is 0 Å². The Hall–Kier alpha value is -1.82. The molecule has 0 aliphatic heterocycles. The van der Waals surface area contributed by atoms with E-state index in [-0.39, 0.29) is 17.7 Å². The fourth-order valence-electron chi connectivity index (χ4n) is 2.55. The molecule has 1 atom stereocenters. The molecule has 0 fully saturated rings. The van der Waals surface area contributed by atoms with E-state index >= 15 is 0 Å². The number of aromatic nitrogens is 2. The maximum atomic E-state index is 13.2. The van der Waals surface area contributed by atoms with Gasteiger partial charge < -0.3 is 11.1 Å². The molecular formula is C14H12BrFN4. The number of nitrogens with zero attached hydrogens (tertiary/aromatic N) is 2. The second kappa shape index (κ2) is 4.94. The number of halogens is 2. The Morgan fingerprint density at radius 1 is 1.35 bits per heavy atom. The third-order valence-electron chi connectivity index (χ3n) is 3.50. The van der Waals surface area contributed by atoms with Crippen LogP contribution in [-0.2, 0) is 6.42 Å². The highest BCUT2D eigenvalue weighted by molar-refractivity contribution is 9.10. The van der Waals surface area contributed by atoms with Crippen molar-refractivity contribution in [2.45, 2.75) is 18.8 Å². The molecule has 2 aromatic rings. The second-order valence-electron chi connectivity index (χ2n) is 4.84. The monoisotopic (exact) mass is 334 g/mol. The molecule has 102 valence electrons. The SMILES string of the molecule is N=C1CC(c2ccc(F)cc2Br)Cc2nc(N)ncc21. The summed E-state index contributed by atoms with van der Waals surface area (Å²) in [5, 5.41) is 8.12. The third-order valence-corrected chi connectivity index (χ3v) is 4.19. The van der Waals surface area contributed by atoms with Gasteiger partial charge in [-0.1, -0.05) is 22.0 Å². The minimum atomic E-state index is -0.279. The molecule has 3 N–H and O–H groups in total. The number of anilines is 1. The molecule has 0 bridgehead atoms. The van der Waals surface area contributed by atoms with E-state index in [0.717, 1.165) is 21.3 Å². The van der Waals surface area contributed by atoms with E-state index in [2.05, 4.69) is 25.9 Å². The third kappa shape index (κ3) is 2.31. The summed E-state index contributed by atoms with van der Waals surface area (Å²) in [5.74, 6) is 0.0353. The van der Waals surface area contributed by atoms with Crippen LogP contribution in [0.3, 0.4) is 0 Å². The summed E-state index contributed by atoms with van der Waals surface area (Å²) in [6, 6.07) is 4.64. The number of nitrogens with one attached hydrogen (secondary N) is 1. The summed E-state index contributed by atoms with van der Waals surface area (Å²) in [6.45, 7) is 0. The predicted molar refractivity (Wildman–Crippen MR) is 78.4 cm³/mol. The lowest BCUT2D eigenvalue weighted by atomic mass is 9.82. The van der Waals surface area contributed by atoms with Gasteiger partial charge in [0.05, 0.1) is 5.69 Å². The predicted octanol–water partition coefficient (Wildman–Crippen LogP) is 3.06. The van der Waals surface area contributed by atoms with Crippen molar-refractivity contribution >= 4 is 27.6 Å². The van der Waals surface area contributed by atoms with Gasteiger partial charge in [0, 0.05) is 21.9 Å². The van der Waals surface area contributed by atoms with Gasteiger partial charge in [0.1, 0.15) is 5.82 Å². The lowest BCUT2D eigenvalue weighted by Crippen LogP contribution is -2.21. The summed E-state index contributed by atoms with van der Waals surface area (Å²) in [6.07, 6.45) is 2.87. The van der Waals surface area contributed by atoms with Crippen LogP contribution in [0.1, 0.15) is 29.2 Å². The lowest BCUT2D eigenvalue weighted by molar-refractivity contribution is 0.620. The second-order valence-corrected chi connectivity index (χ2v) is 5.69. The van der Waals surface area contributed by atoms with Crippen LogP contribution in [0.4, 0.5) is 10.3 Å². The molecular weight excluding hydrogens is 323 g/mol. The van der Waals surface area contributed by atoms with Gasteiger partial charge in [-0.05, 0) is 36.5 Å². The first-order valence-electron chi connectivity index (χ1n) is 6.18. The summed E-state index contributed by atoms with van der Waals surface area (Å²) >= 11 is 3.39. The highest BCUT2D eigenvalue weighted by Gasteiger charge is 2.26. The molecule has 0 spiro atoms. The number of nitrogens with two attached hydrogens (primary N) is 1. The molecule has 1 aliphatic carbocycles. The van der Waals surface area contributed by atoms with E-state index < -0.39 is 0 Å². The van der Waals surface area contributed by atoms with Gasteiger partial charge >= 0.3 is 0 Å². The fraction of sp³-hybridized carbons (Fsp3) is 0.214. The number of benzene rings is 1. The number of rotatable bonds is 1. The van der Waals surface area contributed by atoms with E-state index in [1.54, 1.807) is 12.3 Å². The zero-order valence-electron chi connectivity index (χ0n) is 10.5. The molecule has 0 radical (unpaired) electrons. The summed E-state index contributed by atoms with van der Waals surface area (Å²) in [7, 11) is 0. The van der Waals surface area contributed by atoms with Gasteiger partial charge in [-0.25, -0.2) is 14.4 Å². The molecule has 0 saturated heterocycles. The van der Waals surface area contributed by atoms with Gasteiger partial charge in [0.25, 0.3) is 0 Å². The number of fused-ring (bicyclic) bond motifs is 1. The van der Waals surface area contributed by atoms with Gasteiger partial charge in [-0.3, -0.25) is 0 Å². The van der Waals surface area contributed by atoms with Gasteiger partial charge in [-0.15, -0.1) is 0 Å². The zero-order chi connectivity index (χ0) is 14.3. The Morgan fingerprint density at radius 2 is 2.15 bits per heavy atom. The Kier molecular flexibility index (Phi) is 3.25. The summed E-state index contributed by atoms with van der Waals surface area (Å²) < 4.78 is 13.9. The lowest BCUT2D eigenvalue weighted by Gasteiger charge is -2.25. The average molecular weight is 335 g/mol. The van der Waals surface area contributed by atoms with Crippen molar-refractivity contribution in [1.29, 1.82) is 5.41 Å². The Morgan fingerprint density at radius 3 is 2.90 bits per heavy atom. The van der Waals surface area contributed by atoms with Gasteiger partial charge in [-0.2, -0.15) is 0 Å². The average Bonchev–Trinajstić information content (AvgIpc) is 2.37. The van der Waals surface area contributed by atoms with Crippen LogP contribution < -0.4 is 5.73 Å². The smallest absolute Gasteiger partial charge is 0.220 e. The number of hydrogen-bond acceptors (Lipinski definition) is 4. The van der Waals surface area contributed by atoms with Crippen molar-refractivity contribution in [3.05, 3.63) is 51.5 Å². The molecule has 1 heterocycles. The zero-order valence-corrected chi connectivity index (χ0v) is 12.1. The van der Waals surface area contributed by atoms with E-state index in [0.29, 0.717) is 18.6 Å². The van der Waals surface area contributed by atoms with Crippen LogP contribution in [0, 0.1) is 11.2 Å². The van der Waals surface area contributed by atoms with E-state index in [4.69, 9.17) is 11.1 Å². The normalized spacial score (nSPS) is 17.9. The maximum Gasteiger partial charge on any atom is 0.220 e. The van der Waals surface area contributed by atoms with Crippen molar-refractivity contribution in [2.75, 3.05) is 5.73 Å². The Balaban J connectivity index is 2.00. The van der Waals surface area contributed by atoms with Gasteiger partial charge in [0.2, 0.25) is 5.95 Å².